The summed E-state index contributed by atoms with van der Waals surface area (Å²) in [6, 6.07) is 14.8. The van der Waals surface area contributed by atoms with Gasteiger partial charge in [-0.05, 0) is 54.7 Å². The molecule has 1 saturated carbocycles. The molecule has 0 radical (unpaired) electrons. The Morgan fingerprint density at radius 2 is 1.83 bits per heavy atom. The topological polar surface area (TPSA) is 115 Å². The van der Waals surface area contributed by atoms with Crippen molar-refractivity contribution in [3.05, 3.63) is 101 Å². The number of pyridine rings is 1. The summed E-state index contributed by atoms with van der Waals surface area (Å²) in [5.74, 6) is -0.725. The van der Waals surface area contributed by atoms with E-state index in [4.69, 9.17) is 4.74 Å². The highest BCUT2D eigenvalue weighted by Gasteiger charge is 2.24. The van der Waals surface area contributed by atoms with Gasteiger partial charge in [-0.15, -0.1) is 11.3 Å². The zero-order chi connectivity index (χ0) is 28.5. The van der Waals surface area contributed by atoms with E-state index >= 15 is 4.39 Å². The number of hydrogen-bond donors (Lipinski definition) is 2. The Labute approximate surface area is 237 Å². The molecular weight excluding hydrogens is 545 g/mol. The number of benzene rings is 2. The van der Waals surface area contributed by atoms with Crippen LogP contribution in [0.1, 0.15) is 33.7 Å². The van der Waals surface area contributed by atoms with Gasteiger partial charge in [-0.1, -0.05) is 12.1 Å². The lowest BCUT2D eigenvalue weighted by molar-refractivity contribution is 0.0962. The minimum Gasteiger partial charge on any atom is -0.453 e. The fourth-order valence-electron chi connectivity index (χ4n) is 4.36. The van der Waals surface area contributed by atoms with E-state index in [1.54, 1.807) is 37.6 Å². The monoisotopic (exact) mass is 569 g/mol. The number of ether oxygens (including phenoxy) is 1. The van der Waals surface area contributed by atoms with Crippen LogP contribution in [0.3, 0.4) is 0 Å². The largest absolute Gasteiger partial charge is 0.453 e. The Kier molecular flexibility index (Phi) is 7.02. The standard InChI is InChI=1S/C30H24FN5O4S/c1-32-28(37)19-6-4-18(5-7-19)25-15-22-27(41-25)24(10-11-33-22)40-23-9-8-20(14-21(23)31)35-29(38)26-30(39)36(13-12-34-26)16-17-2-3-17/h4-15,17H,2-3,16H2,1H3,(H,32,37)(H,35,38). The molecule has 3 heterocycles. The number of nitrogens with one attached hydrogen (secondary N) is 2. The summed E-state index contributed by atoms with van der Waals surface area (Å²) in [6.45, 7) is 0.556. The van der Waals surface area contributed by atoms with Crippen LogP contribution in [0.5, 0.6) is 11.5 Å². The van der Waals surface area contributed by atoms with Crippen molar-refractivity contribution in [2.75, 3.05) is 12.4 Å². The summed E-state index contributed by atoms with van der Waals surface area (Å²) in [5.41, 5.74) is 1.59. The number of halogens is 1. The lowest BCUT2D eigenvalue weighted by atomic mass is 10.1. The number of anilines is 1. The number of fused-ring (bicyclic) bond motifs is 1. The molecule has 0 spiro atoms. The predicted molar refractivity (Wildman–Crippen MR) is 154 cm³/mol. The molecule has 5 aromatic rings. The van der Waals surface area contributed by atoms with Crippen molar-refractivity contribution < 1.29 is 18.7 Å². The van der Waals surface area contributed by atoms with Crippen LogP contribution in [-0.4, -0.2) is 33.4 Å². The summed E-state index contributed by atoms with van der Waals surface area (Å²) < 4.78 is 23.2. The molecule has 6 rings (SSSR count). The molecule has 2 N–H and O–H groups in total. The van der Waals surface area contributed by atoms with Gasteiger partial charge in [0.05, 0.1) is 10.2 Å². The van der Waals surface area contributed by atoms with Crippen LogP contribution in [0.15, 0.2) is 78.0 Å². The van der Waals surface area contributed by atoms with Crippen molar-refractivity contribution in [1.29, 1.82) is 0 Å². The van der Waals surface area contributed by atoms with Crippen LogP contribution in [0.25, 0.3) is 20.7 Å². The van der Waals surface area contributed by atoms with Crippen LogP contribution in [0.2, 0.25) is 0 Å². The van der Waals surface area contributed by atoms with Crippen molar-refractivity contribution in [2.24, 2.45) is 5.92 Å². The number of amides is 2. The summed E-state index contributed by atoms with van der Waals surface area (Å²) in [6.07, 6.45) is 6.70. The van der Waals surface area contributed by atoms with Crippen molar-refractivity contribution >= 4 is 39.1 Å². The van der Waals surface area contributed by atoms with E-state index < -0.39 is 17.3 Å². The van der Waals surface area contributed by atoms with Crippen LogP contribution in [0, 0.1) is 11.7 Å². The summed E-state index contributed by atoms with van der Waals surface area (Å²) in [5, 5.41) is 5.15. The molecule has 0 aliphatic heterocycles. The number of thiophene rings is 1. The highest BCUT2D eigenvalue weighted by molar-refractivity contribution is 7.22. The first-order valence-corrected chi connectivity index (χ1v) is 13.8. The maximum Gasteiger partial charge on any atom is 0.282 e. The lowest BCUT2D eigenvalue weighted by Crippen LogP contribution is -2.30. The number of carbonyl (C=O) groups is 2. The highest BCUT2D eigenvalue weighted by Crippen LogP contribution is 2.40. The average molecular weight is 570 g/mol. The van der Waals surface area contributed by atoms with Crippen molar-refractivity contribution in [1.82, 2.24) is 19.9 Å². The molecule has 0 bridgehead atoms. The van der Waals surface area contributed by atoms with E-state index in [1.165, 1.54) is 34.2 Å². The van der Waals surface area contributed by atoms with Crippen LogP contribution in [0.4, 0.5) is 10.1 Å². The first-order chi connectivity index (χ1) is 19.9. The number of hydrogen-bond acceptors (Lipinski definition) is 7. The third kappa shape index (κ3) is 5.57. The molecule has 2 aromatic carbocycles. The van der Waals surface area contributed by atoms with Crippen molar-refractivity contribution in [3.8, 4) is 21.9 Å². The molecule has 2 amide bonds. The molecule has 9 nitrogen and oxygen atoms in total. The Hall–Kier alpha value is -4.90. The zero-order valence-corrected chi connectivity index (χ0v) is 22.7. The Morgan fingerprint density at radius 3 is 2.56 bits per heavy atom. The summed E-state index contributed by atoms with van der Waals surface area (Å²) >= 11 is 1.44. The first kappa shape index (κ1) is 26.3. The second kappa shape index (κ2) is 10.9. The van der Waals surface area contributed by atoms with Gasteiger partial charge < -0.3 is 19.9 Å². The maximum absolute atomic E-state index is 15.1. The van der Waals surface area contributed by atoms with E-state index in [0.717, 1.165) is 34.0 Å². The third-order valence-corrected chi connectivity index (χ3v) is 7.91. The van der Waals surface area contributed by atoms with E-state index in [2.05, 4.69) is 20.6 Å². The molecule has 11 heteroatoms. The van der Waals surface area contributed by atoms with Gasteiger partial charge in [0.15, 0.2) is 17.3 Å². The second-order valence-corrected chi connectivity index (χ2v) is 10.7. The predicted octanol–water partition coefficient (Wildman–Crippen LogP) is 5.47. The SMILES string of the molecule is CNC(=O)c1ccc(-c2cc3nccc(Oc4ccc(NC(=O)c5nccn(CC6CC6)c5=O)cc4F)c3s2)cc1. The van der Waals surface area contributed by atoms with Gasteiger partial charge in [-0.2, -0.15) is 0 Å². The fourth-order valence-corrected chi connectivity index (χ4v) is 5.43. The van der Waals surface area contributed by atoms with Gasteiger partial charge in [-0.3, -0.25) is 19.4 Å². The smallest absolute Gasteiger partial charge is 0.282 e. The summed E-state index contributed by atoms with van der Waals surface area (Å²) in [7, 11) is 1.58. The number of aromatic nitrogens is 3. The molecule has 3 aromatic heterocycles. The normalized spacial score (nSPS) is 12.7. The number of nitrogens with zero attached hydrogens (tertiary/aromatic N) is 3. The molecule has 0 saturated heterocycles. The molecule has 1 aliphatic carbocycles. The van der Waals surface area contributed by atoms with E-state index in [0.29, 0.717) is 29.3 Å². The minimum atomic E-state index is -0.710. The fraction of sp³-hybridized carbons (Fsp3) is 0.167. The first-order valence-electron chi connectivity index (χ1n) is 12.9. The van der Waals surface area contributed by atoms with Crippen LogP contribution in [-0.2, 0) is 6.54 Å². The van der Waals surface area contributed by atoms with Gasteiger partial charge in [0.1, 0.15) is 5.75 Å². The number of carbonyl (C=O) groups excluding carboxylic acids is 2. The Bertz CT molecular complexity index is 1850. The maximum atomic E-state index is 15.1. The van der Waals surface area contributed by atoms with Gasteiger partial charge in [0.2, 0.25) is 0 Å². The van der Waals surface area contributed by atoms with Gasteiger partial charge >= 0.3 is 0 Å². The molecule has 1 fully saturated rings. The van der Waals surface area contributed by atoms with Crippen molar-refractivity contribution in [3.63, 3.8) is 0 Å². The average Bonchev–Trinajstić information content (AvgIpc) is 3.69. The molecule has 1 aliphatic rings. The highest BCUT2D eigenvalue weighted by atomic mass is 32.1. The van der Waals surface area contributed by atoms with E-state index in [-0.39, 0.29) is 23.0 Å². The summed E-state index contributed by atoms with van der Waals surface area (Å²) in [4.78, 5) is 46.5. The molecular formula is C30H24FN5O4S. The molecule has 0 atom stereocenters. The number of rotatable bonds is 8. The third-order valence-electron chi connectivity index (χ3n) is 6.72. The zero-order valence-electron chi connectivity index (χ0n) is 21.9. The minimum absolute atomic E-state index is 0.0370. The quantitative estimate of drug-likeness (QED) is 0.256. The van der Waals surface area contributed by atoms with Gasteiger partial charge in [-0.25, -0.2) is 9.37 Å². The van der Waals surface area contributed by atoms with Crippen molar-refractivity contribution in [2.45, 2.75) is 19.4 Å². The van der Waals surface area contributed by atoms with E-state index in [9.17, 15) is 14.4 Å². The van der Waals surface area contributed by atoms with Gasteiger partial charge in [0.25, 0.3) is 17.4 Å². The lowest BCUT2D eigenvalue weighted by Gasteiger charge is -2.10. The van der Waals surface area contributed by atoms with Crippen LogP contribution >= 0.6 is 11.3 Å². The molecule has 206 valence electrons. The van der Waals surface area contributed by atoms with Crippen LogP contribution < -0.4 is 20.9 Å². The second-order valence-electron chi connectivity index (χ2n) is 9.67. The molecule has 0 unspecified atom stereocenters. The van der Waals surface area contributed by atoms with Gasteiger partial charge in [0, 0.05) is 60.4 Å². The Morgan fingerprint density at radius 1 is 1.02 bits per heavy atom. The Balaban J connectivity index is 1.20. The van der Waals surface area contributed by atoms with E-state index in [1.807, 2.05) is 18.2 Å². The molecule has 41 heavy (non-hydrogen) atoms.